The van der Waals surface area contributed by atoms with E-state index in [0.29, 0.717) is 37.0 Å². The molecule has 0 spiro atoms. The van der Waals surface area contributed by atoms with Gasteiger partial charge in [0, 0.05) is 6.04 Å². The normalized spacial score (nSPS) is 20.3. The van der Waals surface area contributed by atoms with Crippen LogP contribution < -0.4 is 20.5 Å². The van der Waals surface area contributed by atoms with Gasteiger partial charge in [-0.25, -0.2) is 0 Å². The van der Waals surface area contributed by atoms with Crippen LogP contribution in [0.25, 0.3) is 0 Å². The van der Waals surface area contributed by atoms with Crippen molar-refractivity contribution in [3.05, 3.63) is 24.3 Å². The molecule has 1 aromatic rings. The van der Waals surface area contributed by atoms with Crippen LogP contribution in [0, 0.1) is 5.92 Å². The van der Waals surface area contributed by atoms with E-state index in [1.54, 1.807) is 7.11 Å². The zero-order chi connectivity index (χ0) is 15.8. The van der Waals surface area contributed by atoms with Crippen LogP contribution in [0.1, 0.15) is 32.1 Å². The van der Waals surface area contributed by atoms with Gasteiger partial charge in [-0.15, -0.1) is 12.4 Å². The van der Waals surface area contributed by atoms with Crippen molar-refractivity contribution >= 4 is 18.3 Å². The molecule has 3 N–H and O–H groups in total. The summed E-state index contributed by atoms with van der Waals surface area (Å²) in [7, 11) is 1.60. The highest BCUT2D eigenvalue weighted by molar-refractivity contribution is 5.85. The molecule has 2 rings (SSSR count). The lowest BCUT2D eigenvalue weighted by molar-refractivity contribution is -0.122. The Labute approximate surface area is 144 Å². The molecule has 1 fully saturated rings. The van der Waals surface area contributed by atoms with Gasteiger partial charge in [0.2, 0.25) is 5.91 Å². The zero-order valence-corrected chi connectivity index (χ0v) is 14.4. The number of carbonyl (C=O) groups is 1. The van der Waals surface area contributed by atoms with Gasteiger partial charge in [-0.3, -0.25) is 4.79 Å². The van der Waals surface area contributed by atoms with E-state index in [1.165, 1.54) is 12.8 Å². The van der Waals surface area contributed by atoms with Gasteiger partial charge in [0.05, 0.1) is 20.1 Å². The summed E-state index contributed by atoms with van der Waals surface area (Å²) in [4.78, 5) is 12.1. The van der Waals surface area contributed by atoms with Crippen molar-refractivity contribution in [2.45, 2.75) is 38.1 Å². The first-order chi connectivity index (χ1) is 10.7. The van der Waals surface area contributed by atoms with Gasteiger partial charge in [0.1, 0.15) is 0 Å². The molecule has 0 heterocycles. The first-order valence-electron chi connectivity index (χ1n) is 8.00. The van der Waals surface area contributed by atoms with Crippen molar-refractivity contribution in [2.24, 2.45) is 11.7 Å². The Morgan fingerprint density at radius 1 is 1.26 bits per heavy atom. The van der Waals surface area contributed by atoms with Crippen LogP contribution in [0.5, 0.6) is 11.5 Å². The van der Waals surface area contributed by atoms with Crippen LogP contribution >= 0.6 is 12.4 Å². The Morgan fingerprint density at radius 3 is 2.65 bits per heavy atom. The Morgan fingerprint density at radius 2 is 1.96 bits per heavy atom. The summed E-state index contributed by atoms with van der Waals surface area (Å²) in [6.45, 7) is 0.981. The molecule has 130 valence electrons. The smallest absolute Gasteiger partial charge is 0.223 e. The predicted molar refractivity (Wildman–Crippen MR) is 93.3 cm³/mol. The Hall–Kier alpha value is -1.46. The lowest BCUT2D eigenvalue weighted by Crippen LogP contribution is -2.45. The van der Waals surface area contributed by atoms with Gasteiger partial charge in [-0.05, 0) is 37.4 Å². The number of hydrogen-bond acceptors (Lipinski definition) is 4. The van der Waals surface area contributed by atoms with Crippen molar-refractivity contribution in [1.29, 1.82) is 0 Å². The number of halogens is 1. The van der Waals surface area contributed by atoms with E-state index in [9.17, 15) is 4.79 Å². The molecule has 1 aliphatic carbocycles. The third-order valence-electron chi connectivity index (χ3n) is 4.21. The largest absolute Gasteiger partial charge is 0.493 e. The third-order valence-corrected chi connectivity index (χ3v) is 4.21. The van der Waals surface area contributed by atoms with Gasteiger partial charge in [-0.1, -0.05) is 25.0 Å². The van der Waals surface area contributed by atoms with Crippen molar-refractivity contribution in [3.8, 4) is 11.5 Å². The minimum absolute atomic E-state index is 0. The molecule has 0 aliphatic heterocycles. The molecule has 2 atom stereocenters. The molecule has 2 unspecified atom stereocenters. The maximum atomic E-state index is 12.1. The van der Waals surface area contributed by atoms with Crippen LogP contribution in [0.4, 0.5) is 0 Å². The van der Waals surface area contributed by atoms with Gasteiger partial charge in [0.15, 0.2) is 11.5 Å². The third kappa shape index (κ3) is 5.92. The fourth-order valence-corrected chi connectivity index (χ4v) is 2.95. The predicted octanol–water partition coefficient (Wildman–Crippen LogP) is 2.52. The number of amides is 1. The maximum Gasteiger partial charge on any atom is 0.223 e. The fourth-order valence-electron chi connectivity index (χ4n) is 2.95. The standard InChI is InChI=1S/C17H26N2O3.ClH/c1-21-15-8-4-5-9-16(15)22-11-10-17(20)19-14-7-3-2-6-13(14)12-18;/h4-5,8-9,13-14H,2-3,6-7,10-12,18H2,1H3,(H,19,20);1H. The van der Waals surface area contributed by atoms with Crippen molar-refractivity contribution in [1.82, 2.24) is 5.32 Å². The molecule has 1 aromatic carbocycles. The highest BCUT2D eigenvalue weighted by Gasteiger charge is 2.25. The second-order valence-electron chi connectivity index (χ2n) is 5.70. The second-order valence-corrected chi connectivity index (χ2v) is 5.70. The summed E-state index contributed by atoms with van der Waals surface area (Å²) in [6.07, 6.45) is 4.86. The molecular formula is C17H27ClN2O3. The summed E-state index contributed by atoms with van der Waals surface area (Å²) in [6, 6.07) is 7.66. The summed E-state index contributed by atoms with van der Waals surface area (Å²) in [5, 5.41) is 3.10. The molecule has 23 heavy (non-hydrogen) atoms. The number of para-hydroxylation sites is 2. The molecule has 0 radical (unpaired) electrons. The lowest BCUT2D eigenvalue weighted by Gasteiger charge is -2.31. The Bertz CT molecular complexity index is 485. The van der Waals surface area contributed by atoms with Crippen LogP contribution in [0.15, 0.2) is 24.3 Å². The summed E-state index contributed by atoms with van der Waals surface area (Å²) >= 11 is 0. The van der Waals surface area contributed by atoms with E-state index < -0.39 is 0 Å². The number of carbonyl (C=O) groups excluding carboxylic acids is 1. The maximum absolute atomic E-state index is 12.1. The van der Waals surface area contributed by atoms with Crippen molar-refractivity contribution in [3.63, 3.8) is 0 Å². The molecule has 0 aromatic heterocycles. The van der Waals surface area contributed by atoms with Gasteiger partial charge >= 0.3 is 0 Å². The molecule has 0 bridgehead atoms. The van der Waals surface area contributed by atoms with Crippen LogP contribution in [0.3, 0.4) is 0 Å². The van der Waals surface area contributed by atoms with Gasteiger partial charge in [-0.2, -0.15) is 0 Å². The number of rotatable bonds is 7. The van der Waals surface area contributed by atoms with E-state index in [0.717, 1.165) is 12.8 Å². The average molecular weight is 343 g/mol. The highest BCUT2D eigenvalue weighted by atomic mass is 35.5. The Kier molecular flexibility index (Phi) is 8.81. The SMILES string of the molecule is COc1ccccc1OCCC(=O)NC1CCCCC1CN.Cl. The minimum Gasteiger partial charge on any atom is -0.493 e. The molecule has 1 aliphatic rings. The number of hydrogen-bond donors (Lipinski definition) is 2. The van der Waals surface area contributed by atoms with E-state index in [-0.39, 0.29) is 24.4 Å². The first-order valence-corrected chi connectivity index (χ1v) is 8.00. The Balaban J connectivity index is 0.00000264. The number of nitrogens with two attached hydrogens (primary N) is 1. The zero-order valence-electron chi connectivity index (χ0n) is 13.6. The van der Waals surface area contributed by atoms with Crippen LogP contribution in [-0.2, 0) is 4.79 Å². The molecule has 6 heteroatoms. The van der Waals surface area contributed by atoms with E-state index in [2.05, 4.69) is 5.32 Å². The monoisotopic (exact) mass is 342 g/mol. The number of benzene rings is 1. The van der Waals surface area contributed by atoms with Gasteiger partial charge in [0.25, 0.3) is 0 Å². The summed E-state index contributed by atoms with van der Waals surface area (Å²) in [5.41, 5.74) is 5.79. The van der Waals surface area contributed by atoms with Gasteiger partial charge < -0.3 is 20.5 Å². The summed E-state index contributed by atoms with van der Waals surface area (Å²) in [5.74, 6) is 1.78. The van der Waals surface area contributed by atoms with E-state index in [1.807, 2.05) is 24.3 Å². The molecule has 0 saturated heterocycles. The van der Waals surface area contributed by atoms with Crippen molar-refractivity contribution in [2.75, 3.05) is 20.3 Å². The van der Waals surface area contributed by atoms with Crippen molar-refractivity contribution < 1.29 is 14.3 Å². The van der Waals surface area contributed by atoms with E-state index >= 15 is 0 Å². The number of ether oxygens (including phenoxy) is 2. The quantitative estimate of drug-likeness (QED) is 0.798. The first kappa shape index (κ1) is 19.6. The number of nitrogens with one attached hydrogen (secondary N) is 1. The van der Waals surface area contributed by atoms with Crippen LogP contribution in [0.2, 0.25) is 0 Å². The summed E-state index contributed by atoms with van der Waals surface area (Å²) < 4.78 is 10.8. The molecular weight excluding hydrogens is 316 g/mol. The van der Waals surface area contributed by atoms with E-state index in [4.69, 9.17) is 15.2 Å². The molecule has 1 saturated carbocycles. The number of methoxy groups -OCH3 is 1. The topological polar surface area (TPSA) is 73.6 Å². The molecule has 5 nitrogen and oxygen atoms in total. The highest BCUT2D eigenvalue weighted by Crippen LogP contribution is 2.26. The fraction of sp³-hybridized carbons (Fsp3) is 0.588. The van der Waals surface area contributed by atoms with Crippen LogP contribution in [-0.4, -0.2) is 32.2 Å². The molecule has 1 amide bonds. The lowest BCUT2D eigenvalue weighted by atomic mass is 9.84. The second kappa shape index (κ2) is 10.3. The minimum atomic E-state index is 0. The average Bonchev–Trinajstić information content (AvgIpc) is 2.55.